The molecule has 1 aliphatic heterocycles. The molecule has 1 heteroatoms. The van der Waals surface area contributed by atoms with Crippen molar-refractivity contribution in [1.82, 2.24) is 0 Å². The predicted molar refractivity (Wildman–Crippen MR) is 192 cm³/mol. The molecule has 0 unspecified atom stereocenters. The first-order valence-electron chi connectivity index (χ1n) is 16.5. The van der Waals surface area contributed by atoms with Gasteiger partial charge in [0.05, 0.1) is 5.41 Å². The van der Waals surface area contributed by atoms with Crippen molar-refractivity contribution in [1.29, 1.82) is 0 Å². The van der Waals surface area contributed by atoms with Gasteiger partial charge in [-0.3, -0.25) is 0 Å². The molecule has 3 aliphatic rings. The van der Waals surface area contributed by atoms with E-state index in [-0.39, 0.29) is 10.8 Å². The first kappa shape index (κ1) is 26.5. The standard InChI is InChI=1S/C46H32O/c1-45(2)39-22-9-10-24-42(39)47-43-26-25-30(28-41(43)45)29-13-11-14-31(27-29)32-18-12-23-40-44(32)35-17-5-8-21-38(35)46(40)36-19-6-3-15-33(36)34-16-4-7-20-37(34)46/h3-28H,1-2H3. The second-order valence-corrected chi connectivity index (χ2v) is 13.6. The third-order valence-corrected chi connectivity index (χ3v) is 11.0. The average molecular weight is 601 g/mol. The number of para-hydroxylation sites is 1. The largest absolute Gasteiger partial charge is 0.457 e. The van der Waals surface area contributed by atoms with Gasteiger partial charge in [0.15, 0.2) is 0 Å². The highest BCUT2D eigenvalue weighted by Gasteiger charge is 2.51. The summed E-state index contributed by atoms with van der Waals surface area (Å²) in [5.74, 6) is 1.89. The Bertz CT molecular complexity index is 2380. The molecule has 7 aromatic carbocycles. The minimum Gasteiger partial charge on any atom is -0.457 e. The summed E-state index contributed by atoms with van der Waals surface area (Å²) in [6, 6.07) is 58.2. The molecule has 1 spiro atoms. The zero-order valence-corrected chi connectivity index (χ0v) is 26.4. The first-order chi connectivity index (χ1) is 23.1. The minimum absolute atomic E-state index is 0.163. The maximum absolute atomic E-state index is 6.38. The Morgan fingerprint density at radius 3 is 1.62 bits per heavy atom. The van der Waals surface area contributed by atoms with Crippen LogP contribution in [0.4, 0.5) is 0 Å². The lowest BCUT2D eigenvalue weighted by Gasteiger charge is -2.34. The summed E-state index contributed by atoms with van der Waals surface area (Å²) in [5, 5.41) is 0. The zero-order chi connectivity index (χ0) is 31.3. The van der Waals surface area contributed by atoms with E-state index in [4.69, 9.17) is 4.74 Å². The molecule has 47 heavy (non-hydrogen) atoms. The van der Waals surface area contributed by atoms with E-state index in [0.717, 1.165) is 11.5 Å². The number of fused-ring (bicyclic) bond motifs is 12. The van der Waals surface area contributed by atoms with E-state index in [1.165, 1.54) is 77.9 Å². The summed E-state index contributed by atoms with van der Waals surface area (Å²) in [6.07, 6.45) is 0. The SMILES string of the molecule is CC1(C)c2ccccc2Oc2ccc(-c3cccc(-c4cccc5c4-c4ccccc4C54c5ccccc5-c5ccccc54)c3)cc21. The fourth-order valence-corrected chi connectivity index (χ4v) is 8.87. The highest BCUT2D eigenvalue weighted by molar-refractivity contribution is 6.00. The van der Waals surface area contributed by atoms with Crippen LogP contribution in [0.1, 0.15) is 47.2 Å². The van der Waals surface area contributed by atoms with E-state index in [1.54, 1.807) is 0 Å². The van der Waals surface area contributed by atoms with Gasteiger partial charge in [0, 0.05) is 16.5 Å². The zero-order valence-electron chi connectivity index (χ0n) is 26.4. The molecular weight excluding hydrogens is 569 g/mol. The molecular formula is C46H32O. The molecule has 0 saturated carbocycles. The van der Waals surface area contributed by atoms with Gasteiger partial charge in [-0.25, -0.2) is 0 Å². The molecule has 2 aliphatic carbocycles. The van der Waals surface area contributed by atoms with Crippen LogP contribution in [0.15, 0.2) is 158 Å². The Balaban J connectivity index is 1.16. The number of ether oxygens (including phenoxy) is 1. The van der Waals surface area contributed by atoms with Gasteiger partial charge in [-0.05, 0) is 91.0 Å². The van der Waals surface area contributed by atoms with Crippen LogP contribution in [-0.4, -0.2) is 0 Å². The first-order valence-corrected chi connectivity index (χ1v) is 16.5. The Kier molecular flexibility index (Phi) is 5.33. The van der Waals surface area contributed by atoms with E-state index >= 15 is 0 Å². The van der Waals surface area contributed by atoms with Gasteiger partial charge >= 0.3 is 0 Å². The van der Waals surface area contributed by atoms with Crippen LogP contribution < -0.4 is 4.74 Å². The Morgan fingerprint density at radius 2 is 0.872 bits per heavy atom. The van der Waals surface area contributed by atoms with E-state index in [9.17, 15) is 0 Å². The monoisotopic (exact) mass is 600 g/mol. The van der Waals surface area contributed by atoms with E-state index < -0.39 is 0 Å². The second-order valence-electron chi connectivity index (χ2n) is 13.6. The lowest BCUT2D eigenvalue weighted by molar-refractivity contribution is 0.418. The minimum atomic E-state index is -0.340. The van der Waals surface area contributed by atoms with Crippen LogP contribution in [0.2, 0.25) is 0 Å². The van der Waals surface area contributed by atoms with E-state index in [2.05, 4.69) is 166 Å². The fourth-order valence-electron chi connectivity index (χ4n) is 8.87. The molecule has 222 valence electrons. The van der Waals surface area contributed by atoms with Crippen LogP contribution >= 0.6 is 0 Å². The van der Waals surface area contributed by atoms with Crippen molar-refractivity contribution in [2.75, 3.05) is 0 Å². The maximum Gasteiger partial charge on any atom is 0.131 e. The lowest BCUT2D eigenvalue weighted by atomic mass is 9.70. The Labute approximate surface area is 275 Å². The fraction of sp³-hybridized carbons (Fsp3) is 0.0870. The normalized spacial score (nSPS) is 15.1. The molecule has 0 amide bonds. The van der Waals surface area contributed by atoms with Gasteiger partial charge in [-0.2, -0.15) is 0 Å². The number of hydrogen-bond acceptors (Lipinski definition) is 1. The van der Waals surface area contributed by atoms with Crippen molar-refractivity contribution >= 4 is 0 Å². The molecule has 0 N–H and O–H groups in total. The molecule has 7 aromatic rings. The maximum atomic E-state index is 6.38. The molecule has 0 atom stereocenters. The van der Waals surface area contributed by atoms with Crippen molar-refractivity contribution in [3.05, 3.63) is 191 Å². The smallest absolute Gasteiger partial charge is 0.131 e. The van der Waals surface area contributed by atoms with Gasteiger partial charge < -0.3 is 4.74 Å². The highest BCUT2D eigenvalue weighted by atomic mass is 16.5. The molecule has 1 nitrogen and oxygen atoms in total. The quantitative estimate of drug-likeness (QED) is 0.192. The van der Waals surface area contributed by atoms with Gasteiger partial charge in [0.1, 0.15) is 11.5 Å². The lowest BCUT2D eigenvalue weighted by Crippen LogP contribution is -2.25. The average Bonchev–Trinajstić information content (AvgIpc) is 3.59. The molecule has 1 heterocycles. The van der Waals surface area contributed by atoms with Gasteiger partial charge in [0.2, 0.25) is 0 Å². The second kappa shape index (κ2) is 9.44. The van der Waals surface area contributed by atoms with Gasteiger partial charge in [-0.1, -0.05) is 147 Å². The van der Waals surface area contributed by atoms with E-state index in [1.807, 2.05) is 6.07 Å². The Morgan fingerprint density at radius 1 is 0.362 bits per heavy atom. The molecule has 0 fully saturated rings. The predicted octanol–water partition coefficient (Wildman–Crippen LogP) is 11.8. The van der Waals surface area contributed by atoms with Crippen molar-refractivity contribution in [2.45, 2.75) is 24.7 Å². The van der Waals surface area contributed by atoms with Crippen LogP contribution in [0.3, 0.4) is 0 Å². The van der Waals surface area contributed by atoms with E-state index in [0.29, 0.717) is 0 Å². The van der Waals surface area contributed by atoms with Crippen LogP contribution in [-0.2, 0) is 10.8 Å². The third kappa shape index (κ3) is 3.44. The summed E-state index contributed by atoms with van der Waals surface area (Å²) in [5.41, 5.74) is 17.6. The Hall–Kier alpha value is -5.66. The molecule has 0 saturated heterocycles. The summed E-state index contributed by atoms with van der Waals surface area (Å²) in [4.78, 5) is 0. The summed E-state index contributed by atoms with van der Waals surface area (Å²) < 4.78 is 6.38. The van der Waals surface area contributed by atoms with Crippen LogP contribution in [0, 0.1) is 0 Å². The summed E-state index contributed by atoms with van der Waals surface area (Å²) in [7, 11) is 0. The third-order valence-electron chi connectivity index (χ3n) is 11.0. The van der Waals surface area contributed by atoms with Crippen molar-refractivity contribution in [2.24, 2.45) is 0 Å². The van der Waals surface area contributed by atoms with Crippen LogP contribution in [0.5, 0.6) is 11.5 Å². The van der Waals surface area contributed by atoms with Crippen LogP contribution in [0.25, 0.3) is 44.5 Å². The molecule has 10 rings (SSSR count). The topological polar surface area (TPSA) is 9.23 Å². The van der Waals surface area contributed by atoms with Crippen molar-refractivity contribution in [3.8, 4) is 56.0 Å². The van der Waals surface area contributed by atoms with Gasteiger partial charge in [-0.15, -0.1) is 0 Å². The number of benzene rings is 7. The number of rotatable bonds is 2. The molecule has 0 radical (unpaired) electrons. The van der Waals surface area contributed by atoms with Crippen molar-refractivity contribution in [3.63, 3.8) is 0 Å². The van der Waals surface area contributed by atoms with Gasteiger partial charge in [0.25, 0.3) is 0 Å². The molecule has 0 aromatic heterocycles. The van der Waals surface area contributed by atoms with Crippen molar-refractivity contribution < 1.29 is 4.74 Å². The highest BCUT2D eigenvalue weighted by Crippen LogP contribution is 2.64. The summed E-state index contributed by atoms with van der Waals surface area (Å²) >= 11 is 0. The molecule has 0 bridgehead atoms. The number of hydrogen-bond donors (Lipinski definition) is 0. The summed E-state index contributed by atoms with van der Waals surface area (Å²) in [6.45, 7) is 4.60.